The molecular formula is C13H10ClF2NO2S. The zero-order chi connectivity index (χ0) is 14.9. The van der Waals surface area contributed by atoms with E-state index in [1.807, 2.05) is 0 Å². The van der Waals surface area contributed by atoms with Gasteiger partial charge in [0.25, 0.3) is 10.0 Å². The van der Waals surface area contributed by atoms with Crippen LogP contribution >= 0.6 is 11.6 Å². The van der Waals surface area contributed by atoms with Crippen molar-refractivity contribution in [1.29, 1.82) is 0 Å². The van der Waals surface area contributed by atoms with Gasteiger partial charge in [0.2, 0.25) is 0 Å². The van der Waals surface area contributed by atoms with Gasteiger partial charge in [-0.3, -0.25) is 4.72 Å². The Labute approximate surface area is 120 Å². The number of rotatable bonds is 3. The molecule has 0 bridgehead atoms. The van der Waals surface area contributed by atoms with Crippen molar-refractivity contribution in [3.05, 3.63) is 58.6 Å². The topological polar surface area (TPSA) is 46.2 Å². The SMILES string of the molecule is Cc1ccc(NS(=O)(=O)c2ccc(Cl)cc2F)cc1F. The smallest absolute Gasteiger partial charge is 0.264 e. The van der Waals surface area contributed by atoms with Crippen molar-refractivity contribution in [2.24, 2.45) is 0 Å². The summed E-state index contributed by atoms with van der Waals surface area (Å²) in [6, 6.07) is 7.04. The predicted octanol–water partition coefficient (Wildman–Crippen LogP) is 3.73. The van der Waals surface area contributed by atoms with Gasteiger partial charge < -0.3 is 0 Å². The van der Waals surface area contributed by atoms with Crippen LogP contribution in [-0.4, -0.2) is 8.42 Å². The Balaban J connectivity index is 2.38. The highest BCUT2D eigenvalue weighted by Gasteiger charge is 2.19. The van der Waals surface area contributed by atoms with E-state index in [1.54, 1.807) is 6.92 Å². The van der Waals surface area contributed by atoms with Crippen LogP contribution in [0.15, 0.2) is 41.3 Å². The quantitative estimate of drug-likeness (QED) is 0.937. The van der Waals surface area contributed by atoms with E-state index in [9.17, 15) is 17.2 Å². The summed E-state index contributed by atoms with van der Waals surface area (Å²) in [5.74, 6) is -1.53. The maximum absolute atomic E-state index is 13.6. The number of anilines is 1. The Morgan fingerprint density at radius 2 is 1.75 bits per heavy atom. The van der Waals surface area contributed by atoms with E-state index < -0.39 is 26.6 Å². The highest BCUT2D eigenvalue weighted by Crippen LogP contribution is 2.22. The maximum Gasteiger partial charge on any atom is 0.264 e. The van der Waals surface area contributed by atoms with Gasteiger partial charge >= 0.3 is 0 Å². The summed E-state index contributed by atoms with van der Waals surface area (Å²) in [5, 5.41) is 0.0860. The van der Waals surface area contributed by atoms with Gasteiger partial charge in [0.1, 0.15) is 16.5 Å². The molecule has 0 aromatic heterocycles. The molecule has 3 nitrogen and oxygen atoms in total. The molecule has 0 atom stereocenters. The summed E-state index contributed by atoms with van der Waals surface area (Å²) in [5.41, 5.74) is 0.396. The molecule has 0 amide bonds. The Bertz CT molecular complexity index is 763. The highest BCUT2D eigenvalue weighted by atomic mass is 35.5. The fraction of sp³-hybridized carbons (Fsp3) is 0.0769. The molecule has 0 spiro atoms. The predicted molar refractivity (Wildman–Crippen MR) is 73.4 cm³/mol. The summed E-state index contributed by atoms with van der Waals surface area (Å²) >= 11 is 5.56. The number of hydrogen-bond acceptors (Lipinski definition) is 2. The average Bonchev–Trinajstić information content (AvgIpc) is 2.33. The molecular weight excluding hydrogens is 308 g/mol. The molecule has 0 fully saturated rings. The molecule has 0 aliphatic heterocycles. The summed E-state index contributed by atoms with van der Waals surface area (Å²) < 4.78 is 53.1. The van der Waals surface area contributed by atoms with Gasteiger partial charge in [-0.05, 0) is 42.8 Å². The zero-order valence-electron chi connectivity index (χ0n) is 10.3. The summed E-state index contributed by atoms with van der Waals surface area (Å²) in [6.07, 6.45) is 0. The van der Waals surface area contributed by atoms with E-state index in [0.29, 0.717) is 5.56 Å². The summed E-state index contributed by atoms with van der Waals surface area (Å²) in [7, 11) is -4.14. The van der Waals surface area contributed by atoms with Gasteiger partial charge in [-0.15, -0.1) is 0 Å². The lowest BCUT2D eigenvalue weighted by Crippen LogP contribution is -2.14. The molecule has 2 rings (SSSR count). The first-order valence-corrected chi connectivity index (χ1v) is 7.40. The Morgan fingerprint density at radius 3 is 2.35 bits per heavy atom. The Morgan fingerprint density at radius 1 is 1.05 bits per heavy atom. The molecule has 1 N–H and O–H groups in total. The molecule has 0 saturated carbocycles. The van der Waals surface area contributed by atoms with Crippen LogP contribution in [0.4, 0.5) is 14.5 Å². The standard InChI is InChI=1S/C13H10ClF2NO2S/c1-8-2-4-10(7-11(8)15)17-20(18,19)13-5-3-9(14)6-12(13)16/h2-7,17H,1H3. The van der Waals surface area contributed by atoms with E-state index in [2.05, 4.69) is 4.72 Å². The van der Waals surface area contributed by atoms with Crippen molar-refractivity contribution in [2.75, 3.05) is 4.72 Å². The second-order valence-electron chi connectivity index (χ2n) is 4.14. The molecule has 20 heavy (non-hydrogen) atoms. The van der Waals surface area contributed by atoms with Crippen LogP contribution in [0, 0.1) is 18.6 Å². The fourth-order valence-electron chi connectivity index (χ4n) is 1.56. The van der Waals surface area contributed by atoms with Crippen LogP contribution < -0.4 is 4.72 Å². The molecule has 0 saturated heterocycles. The van der Waals surface area contributed by atoms with Crippen molar-refractivity contribution in [2.45, 2.75) is 11.8 Å². The Kier molecular flexibility index (Phi) is 3.96. The van der Waals surface area contributed by atoms with E-state index in [-0.39, 0.29) is 10.7 Å². The molecule has 0 aliphatic rings. The second-order valence-corrected chi connectivity index (χ2v) is 6.23. The van der Waals surface area contributed by atoms with Gasteiger partial charge in [-0.1, -0.05) is 17.7 Å². The largest absolute Gasteiger partial charge is 0.279 e. The average molecular weight is 318 g/mol. The third-order valence-corrected chi connectivity index (χ3v) is 4.26. The number of benzene rings is 2. The molecule has 2 aromatic carbocycles. The van der Waals surface area contributed by atoms with Crippen molar-refractivity contribution in [1.82, 2.24) is 0 Å². The first kappa shape index (κ1) is 14.7. The molecule has 0 aliphatic carbocycles. The number of halogens is 3. The molecule has 2 aromatic rings. The number of aryl methyl sites for hydroxylation is 1. The van der Waals surface area contributed by atoms with E-state index >= 15 is 0 Å². The third kappa shape index (κ3) is 3.08. The van der Waals surface area contributed by atoms with Crippen LogP contribution in [0.5, 0.6) is 0 Å². The van der Waals surface area contributed by atoms with Crippen LogP contribution in [0.2, 0.25) is 5.02 Å². The minimum absolute atomic E-state index is 0.0162. The minimum Gasteiger partial charge on any atom is -0.279 e. The van der Waals surface area contributed by atoms with E-state index in [4.69, 9.17) is 11.6 Å². The van der Waals surface area contributed by atoms with Gasteiger partial charge in [0, 0.05) is 5.02 Å². The minimum atomic E-state index is -4.14. The molecule has 0 unspecified atom stereocenters. The van der Waals surface area contributed by atoms with Crippen LogP contribution in [0.25, 0.3) is 0 Å². The Hall–Kier alpha value is -1.66. The maximum atomic E-state index is 13.6. The number of hydrogen-bond donors (Lipinski definition) is 1. The number of sulfonamides is 1. The highest BCUT2D eigenvalue weighted by molar-refractivity contribution is 7.92. The van der Waals surface area contributed by atoms with Crippen LogP contribution in [-0.2, 0) is 10.0 Å². The normalized spacial score (nSPS) is 11.4. The van der Waals surface area contributed by atoms with Crippen molar-refractivity contribution in [3.8, 4) is 0 Å². The lowest BCUT2D eigenvalue weighted by atomic mass is 10.2. The molecule has 0 heterocycles. The third-order valence-electron chi connectivity index (χ3n) is 2.61. The first-order chi connectivity index (χ1) is 9.29. The molecule has 106 valence electrons. The van der Waals surface area contributed by atoms with Gasteiger partial charge in [-0.25, -0.2) is 17.2 Å². The summed E-state index contributed by atoms with van der Waals surface area (Å²) in [4.78, 5) is -0.553. The van der Waals surface area contributed by atoms with E-state index in [0.717, 1.165) is 18.2 Å². The first-order valence-electron chi connectivity index (χ1n) is 5.53. The number of nitrogens with one attached hydrogen (secondary N) is 1. The van der Waals surface area contributed by atoms with Crippen molar-refractivity contribution in [3.63, 3.8) is 0 Å². The van der Waals surface area contributed by atoms with Crippen LogP contribution in [0.3, 0.4) is 0 Å². The van der Waals surface area contributed by atoms with Gasteiger partial charge in [0.15, 0.2) is 0 Å². The molecule has 0 radical (unpaired) electrons. The van der Waals surface area contributed by atoms with Gasteiger partial charge in [-0.2, -0.15) is 0 Å². The van der Waals surface area contributed by atoms with Crippen molar-refractivity contribution < 1.29 is 17.2 Å². The second kappa shape index (κ2) is 5.38. The zero-order valence-corrected chi connectivity index (χ0v) is 11.9. The monoisotopic (exact) mass is 317 g/mol. The van der Waals surface area contributed by atoms with Gasteiger partial charge in [0.05, 0.1) is 5.69 Å². The van der Waals surface area contributed by atoms with Crippen molar-refractivity contribution >= 4 is 27.3 Å². The fourth-order valence-corrected chi connectivity index (χ4v) is 2.83. The van der Waals surface area contributed by atoms with Crippen LogP contribution in [0.1, 0.15) is 5.56 Å². The lowest BCUT2D eigenvalue weighted by molar-refractivity contribution is 0.570. The molecule has 7 heteroatoms. The lowest BCUT2D eigenvalue weighted by Gasteiger charge is -2.09. The van der Waals surface area contributed by atoms with E-state index in [1.165, 1.54) is 18.2 Å². The summed E-state index contributed by atoms with van der Waals surface area (Å²) in [6.45, 7) is 1.55.